The number of rotatable bonds is 9. The second-order valence-corrected chi connectivity index (χ2v) is 7.57. The molecule has 2 rings (SSSR count). The number of nitrogens with two attached hydrogens (primary N) is 2. The van der Waals surface area contributed by atoms with Crippen molar-refractivity contribution in [2.45, 2.75) is 52.9 Å². The van der Waals surface area contributed by atoms with Crippen molar-refractivity contribution in [3.63, 3.8) is 0 Å². The smallest absolute Gasteiger partial charge is 0.211 e. The molecule has 27 heavy (non-hydrogen) atoms. The lowest BCUT2D eigenvalue weighted by Crippen LogP contribution is -2.21. The third kappa shape index (κ3) is 6.14. The van der Waals surface area contributed by atoms with E-state index in [1.165, 1.54) is 18.4 Å². The van der Waals surface area contributed by atoms with Crippen LogP contribution in [0.15, 0.2) is 40.5 Å². The molecule has 0 fully saturated rings. The SMILES string of the molecule is CCCCCc1cc(C=NN=C(N)N)n(-c2ccc(CC(C)C)cc2)c1Cl. The Hall–Kier alpha value is -2.27. The highest BCUT2D eigenvalue weighted by atomic mass is 35.5. The van der Waals surface area contributed by atoms with Gasteiger partial charge < -0.3 is 11.5 Å². The molecule has 6 heteroatoms. The van der Waals surface area contributed by atoms with Crippen molar-refractivity contribution < 1.29 is 0 Å². The number of hydrogen-bond acceptors (Lipinski definition) is 2. The summed E-state index contributed by atoms with van der Waals surface area (Å²) in [5.41, 5.74) is 15.0. The van der Waals surface area contributed by atoms with Crippen molar-refractivity contribution in [3.05, 3.63) is 52.3 Å². The molecule has 0 saturated heterocycles. The Morgan fingerprint density at radius 2 is 1.89 bits per heavy atom. The largest absolute Gasteiger partial charge is 0.369 e. The minimum absolute atomic E-state index is 0.0725. The lowest BCUT2D eigenvalue weighted by molar-refractivity contribution is 0.647. The predicted octanol–water partition coefficient (Wildman–Crippen LogP) is 4.67. The summed E-state index contributed by atoms with van der Waals surface area (Å²) >= 11 is 6.72. The molecule has 0 atom stereocenters. The van der Waals surface area contributed by atoms with Gasteiger partial charge in [-0.2, -0.15) is 5.10 Å². The molecule has 1 heterocycles. The quantitative estimate of drug-likeness (QED) is 0.283. The monoisotopic (exact) mass is 387 g/mol. The zero-order valence-electron chi connectivity index (χ0n) is 16.5. The van der Waals surface area contributed by atoms with Gasteiger partial charge in [-0.3, -0.25) is 4.57 Å². The number of unbranched alkanes of at least 4 members (excludes halogenated alkanes) is 2. The Balaban J connectivity index is 2.38. The Kier molecular flexibility index (Phi) is 7.92. The summed E-state index contributed by atoms with van der Waals surface area (Å²) in [6, 6.07) is 10.6. The van der Waals surface area contributed by atoms with E-state index in [2.05, 4.69) is 61.3 Å². The molecule has 2 aromatic rings. The molecule has 0 unspecified atom stereocenters. The fourth-order valence-corrected chi connectivity index (χ4v) is 3.41. The van der Waals surface area contributed by atoms with Crippen LogP contribution in [0.5, 0.6) is 0 Å². The first-order chi connectivity index (χ1) is 12.9. The Labute approximate surface area is 167 Å². The van der Waals surface area contributed by atoms with E-state index in [9.17, 15) is 0 Å². The highest BCUT2D eigenvalue weighted by molar-refractivity contribution is 6.31. The molecule has 146 valence electrons. The summed E-state index contributed by atoms with van der Waals surface area (Å²) in [5, 5.41) is 8.39. The number of guanidine groups is 1. The van der Waals surface area contributed by atoms with Gasteiger partial charge in [-0.25, -0.2) is 0 Å². The maximum absolute atomic E-state index is 6.72. The standard InChI is InChI=1S/C21H30ClN5/c1-4-5-6-7-17-13-19(14-25-26-21(23)24)27(20(17)22)18-10-8-16(9-11-18)12-15(2)3/h8-11,13-15H,4-7,12H2,1-3H3,(H4,23,24,26). The molecule has 1 aromatic heterocycles. The first-order valence-corrected chi connectivity index (χ1v) is 9.91. The number of aryl methyl sites for hydroxylation is 1. The molecular weight excluding hydrogens is 358 g/mol. The Bertz CT molecular complexity index is 784. The number of halogens is 1. The predicted molar refractivity (Wildman–Crippen MR) is 116 cm³/mol. The van der Waals surface area contributed by atoms with Gasteiger partial charge in [0, 0.05) is 5.69 Å². The molecule has 0 aliphatic rings. The molecule has 0 bridgehead atoms. The van der Waals surface area contributed by atoms with Gasteiger partial charge >= 0.3 is 0 Å². The van der Waals surface area contributed by atoms with Crippen LogP contribution in [0.25, 0.3) is 5.69 Å². The summed E-state index contributed by atoms with van der Waals surface area (Å²) < 4.78 is 1.99. The van der Waals surface area contributed by atoms with Gasteiger partial charge in [-0.15, -0.1) is 5.10 Å². The number of benzene rings is 1. The van der Waals surface area contributed by atoms with Crippen LogP contribution in [0.2, 0.25) is 5.15 Å². The molecule has 0 radical (unpaired) electrons. The zero-order valence-corrected chi connectivity index (χ0v) is 17.2. The summed E-state index contributed by atoms with van der Waals surface area (Å²) in [7, 11) is 0. The van der Waals surface area contributed by atoms with E-state index in [0.717, 1.165) is 36.2 Å². The average molecular weight is 388 g/mol. The second kappa shape index (κ2) is 10.2. The molecule has 0 aliphatic heterocycles. The molecule has 0 amide bonds. The molecule has 1 aromatic carbocycles. The van der Waals surface area contributed by atoms with Crippen molar-refractivity contribution in [1.29, 1.82) is 0 Å². The maximum atomic E-state index is 6.72. The topological polar surface area (TPSA) is 81.7 Å². The normalized spacial score (nSPS) is 11.4. The summed E-state index contributed by atoms with van der Waals surface area (Å²) in [4.78, 5) is 0. The number of nitrogens with zero attached hydrogens (tertiary/aromatic N) is 3. The van der Waals surface area contributed by atoms with Crippen molar-refractivity contribution in [2.75, 3.05) is 0 Å². The molecular formula is C21H30ClN5. The maximum Gasteiger partial charge on any atom is 0.211 e. The van der Waals surface area contributed by atoms with E-state index in [4.69, 9.17) is 23.1 Å². The van der Waals surface area contributed by atoms with Crippen molar-refractivity contribution >= 4 is 23.8 Å². The van der Waals surface area contributed by atoms with Crippen molar-refractivity contribution in [1.82, 2.24) is 4.57 Å². The van der Waals surface area contributed by atoms with Gasteiger partial charge in [-0.05, 0) is 54.5 Å². The van der Waals surface area contributed by atoms with Crippen LogP contribution in [-0.2, 0) is 12.8 Å². The zero-order chi connectivity index (χ0) is 19.8. The van der Waals surface area contributed by atoms with Crippen LogP contribution >= 0.6 is 11.6 Å². The minimum Gasteiger partial charge on any atom is -0.369 e. The average Bonchev–Trinajstić information content (AvgIpc) is 2.91. The van der Waals surface area contributed by atoms with Gasteiger partial charge in [0.1, 0.15) is 5.15 Å². The first kappa shape index (κ1) is 21.0. The number of hydrogen-bond donors (Lipinski definition) is 2. The van der Waals surface area contributed by atoms with Crippen molar-refractivity contribution in [3.8, 4) is 5.69 Å². The lowest BCUT2D eigenvalue weighted by atomic mass is 10.0. The van der Waals surface area contributed by atoms with E-state index in [1.54, 1.807) is 6.21 Å². The number of aromatic nitrogens is 1. The third-order valence-corrected chi connectivity index (χ3v) is 4.70. The second-order valence-electron chi connectivity index (χ2n) is 7.21. The molecule has 5 nitrogen and oxygen atoms in total. The van der Waals surface area contributed by atoms with Crippen LogP contribution in [0.3, 0.4) is 0 Å². The summed E-state index contributed by atoms with van der Waals surface area (Å²) in [6.07, 6.45) is 7.10. The van der Waals surface area contributed by atoms with Crippen LogP contribution < -0.4 is 11.5 Å². The highest BCUT2D eigenvalue weighted by Gasteiger charge is 2.14. The molecule has 0 aliphatic carbocycles. The lowest BCUT2D eigenvalue weighted by Gasteiger charge is -2.11. The molecule has 0 spiro atoms. The molecule has 4 N–H and O–H groups in total. The van der Waals surface area contributed by atoms with Gasteiger partial charge in [0.2, 0.25) is 5.96 Å². The van der Waals surface area contributed by atoms with E-state index in [-0.39, 0.29) is 5.96 Å². The Morgan fingerprint density at radius 1 is 1.19 bits per heavy atom. The minimum atomic E-state index is -0.0725. The first-order valence-electron chi connectivity index (χ1n) is 9.53. The summed E-state index contributed by atoms with van der Waals surface area (Å²) in [6.45, 7) is 6.63. The van der Waals surface area contributed by atoms with Crippen LogP contribution in [0, 0.1) is 5.92 Å². The van der Waals surface area contributed by atoms with Crippen LogP contribution in [-0.4, -0.2) is 16.7 Å². The fraction of sp³-hybridized carbons (Fsp3) is 0.429. The molecule has 0 saturated carbocycles. The van der Waals surface area contributed by atoms with Crippen molar-refractivity contribution in [2.24, 2.45) is 27.6 Å². The van der Waals surface area contributed by atoms with Crippen LogP contribution in [0.1, 0.15) is 56.9 Å². The van der Waals surface area contributed by atoms with Gasteiger partial charge in [0.05, 0.1) is 11.9 Å². The third-order valence-electron chi connectivity index (χ3n) is 4.29. The van der Waals surface area contributed by atoms with E-state index < -0.39 is 0 Å². The van der Waals surface area contributed by atoms with E-state index in [0.29, 0.717) is 11.1 Å². The highest BCUT2D eigenvalue weighted by Crippen LogP contribution is 2.27. The van der Waals surface area contributed by atoms with E-state index >= 15 is 0 Å². The van der Waals surface area contributed by atoms with E-state index in [1.807, 2.05) is 4.57 Å². The van der Waals surface area contributed by atoms with Gasteiger partial charge in [0.25, 0.3) is 0 Å². The van der Waals surface area contributed by atoms with Crippen LogP contribution in [0.4, 0.5) is 0 Å². The van der Waals surface area contributed by atoms with Gasteiger partial charge in [0.15, 0.2) is 0 Å². The summed E-state index contributed by atoms with van der Waals surface area (Å²) in [5.74, 6) is 0.551. The fourth-order valence-electron chi connectivity index (χ4n) is 3.06. The Morgan fingerprint density at radius 3 is 2.48 bits per heavy atom. The van der Waals surface area contributed by atoms with Gasteiger partial charge in [-0.1, -0.05) is 57.3 Å².